The zero-order valence-corrected chi connectivity index (χ0v) is 20.0. The second-order valence-corrected chi connectivity index (χ2v) is 8.70. The highest BCUT2D eigenvalue weighted by molar-refractivity contribution is 9.10. The predicted octanol–water partition coefficient (Wildman–Crippen LogP) is 6.73. The van der Waals surface area contributed by atoms with Crippen LogP contribution in [0.15, 0.2) is 69.7 Å². The van der Waals surface area contributed by atoms with E-state index in [1.54, 1.807) is 35.1 Å². The van der Waals surface area contributed by atoms with E-state index in [1.165, 1.54) is 0 Å². The highest BCUT2D eigenvalue weighted by atomic mass is 79.9. The second-order valence-electron chi connectivity index (χ2n) is 7.03. The third-order valence-corrected chi connectivity index (χ3v) is 6.01. The van der Waals surface area contributed by atoms with E-state index in [2.05, 4.69) is 26.3 Å². The number of benzene rings is 2. The van der Waals surface area contributed by atoms with Crippen molar-refractivity contribution in [3.05, 3.63) is 98.0 Å². The molecule has 0 saturated carbocycles. The fourth-order valence-corrected chi connectivity index (χ4v) is 3.70. The number of nitrogens with zero attached hydrogens (tertiary/aromatic N) is 2. The average molecular weight is 535 g/mol. The van der Waals surface area contributed by atoms with Gasteiger partial charge in [0, 0.05) is 16.2 Å². The lowest BCUT2D eigenvalue weighted by molar-refractivity contribution is 0.0992. The van der Waals surface area contributed by atoms with Gasteiger partial charge in [-0.25, -0.2) is 0 Å². The van der Waals surface area contributed by atoms with Crippen molar-refractivity contribution in [2.45, 2.75) is 20.1 Å². The highest BCUT2D eigenvalue weighted by Gasteiger charge is 2.16. The van der Waals surface area contributed by atoms with Gasteiger partial charge in [-0.05, 0) is 70.4 Å². The number of furan rings is 1. The maximum absolute atomic E-state index is 12.6. The van der Waals surface area contributed by atoms with Crippen molar-refractivity contribution in [3.63, 3.8) is 0 Å². The largest absolute Gasteiger partial charge is 0.486 e. The lowest BCUT2D eigenvalue weighted by Crippen LogP contribution is -2.12. The molecular weight excluding hydrogens is 517 g/mol. The first-order valence-corrected chi connectivity index (χ1v) is 11.2. The summed E-state index contributed by atoms with van der Waals surface area (Å²) in [7, 11) is 0. The molecule has 0 aliphatic carbocycles. The summed E-state index contributed by atoms with van der Waals surface area (Å²) < 4.78 is 13.7. The second kappa shape index (κ2) is 9.81. The average Bonchev–Trinajstić information content (AvgIpc) is 3.37. The summed E-state index contributed by atoms with van der Waals surface area (Å²) in [4.78, 5) is 12.6. The Balaban J connectivity index is 1.38. The summed E-state index contributed by atoms with van der Waals surface area (Å²) in [6.45, 7) is 2.56. The van der Waals surface area contributed by atoms with Gasteiger partial charge in [-0.2, -0.15) is 5.10 Å². The summed E-state index contributed by atoms with van der Waals surface area (Å²) in [6, 6.07) is 16.2. The van der Waals surface area contributed by atoms with Crippen molar-refractivity contribution < 1.29 is 13.9 Å². The molecule has 2 aromatic carbocycles. The molecule has 0 spiro atoms. The number of carbonyl (C=O) groups excluding carboxylic acids is 1. The number of rotatable bonds is 7. The Morgan fingerprint density at radius 2 is 1.97 bits per heavy atom. The maximum Gasteiger partial charge on any atom is 0.292 e. The van der Waals surface area contributed by atoms with Crippen LogP contribution in [-0.4, -0.2) is 15.7 Å². The van der Waals surface area contributed by atoms with Crippen molar-refractivity contribution in [1.82, 2.24) is 9.78 Å². The molecule has 0 aliphatic rings. The number of nitrogens with one attached hydrogen (secondary N) is 1. The van der Waals surface area contributed by atoms with Crippen LogP contribution in [0.2, 0.25) is 10.0 Å². The number of amides is 1. The Morgan fingerprint density at radius 3 is 2.75 bits per heavy atom. The summed E-state index contributed by atoms with van der Waals surface area (Å²) in [6.07, 6.45) is 1.77. The van der Waals surface area contributed by atoms with Crippen LogP contribution in [0.3, 0.4) is 0 Å². The van der Waals surface area contributed by atoms with E-state index in [1.807, 2.05) is 37.3 Å². The fraction of sp³-hybridized carbons (Fsp3) is 0.130. The molecule has 0 atom stereocenters. The fourth-order valence-electron chi connectivity index (χ4n) is 2.97. The molecule has 0 bridgehead atoms. The number of aryl methyl sites for hydroxylation is 1. The Kier molecular flexibility index (Phi) is 6.89. The molecule has 0 fully saturated rings. The third kappa shape index (κ3) is 5.35. The number of aromatic nitrogens is 2. The number of hydrogen-bond donors (Lipinski definition) is 1. The first kappa shape index (κ1) is 22.5. The molecule has 2 heterocycles. The molecule has 164 valence electrons. The number of anilines is 1. The Hall–Kier alpha value is -2.74. The number of carbonyl (C=O) groups is 1. The van der Waals surface area contributed by atoms with Gasteiger partial charge >= 0.3 is 0 Å². The Morgan fingerprint density at radius 1 is 1.16 bits per heavy atom. The van der Waals surface area contributed by atoms with Gasteiger partial charge in [-0.1, -0.05) is 41.4 Å². The van der Waals surface area contributed by atoms with Gasteiger partial charge in [0.15, 0.2) is 11.6 Å². The quantitative estimate of drug-likeness (QED) is 0.285. The topological polar surface area (TPSA) is 69.3 Å². The third-order valence-electron chi connectivity index (χ3n) is 4.64. The van der Waals surface area contributed by atoms with Crippen LogP contribution in [0.25, 0.3) is 0 Å². The normalized spacial score (nSPS) is 10.9. The lowest BCUT2D eigenvalue weighted by atomic mass is 10.2. The minimum Gasteiger partial charge on any atom is -0.486 e. The van der Waals surface area contributed by atoms with Crippen LogP contribution in [0, 0.1) is 6.92 Å². The van der Waals surface area contributed by atoms with Crippen LogP contribution < -0.4 is 10.1 Å². The van der Waals surface area contributed by atoms with Gasteiger partial charge in [-0.3, -0.25) is 9.48 Å². The summed E-state index contributed by atoms with van der Waals surface area (Å²) in [5.74, 6) is 1.31. The van der Waals surface area contributed by atoms with Crippen LogP contribution in [-0.2, 0) is 13.2 Å². The number of ether oxygens (including phenoxy) is 1. The molecule has 4 aromatic rings. The first-order valence-electron chi connectivity index (χ1n) is 9.64. The molecule has 0 saturated heterocycles. The van der Waals surface area contributed by atoms with E-state index in [0.717, 1.165) is 11.1 Å². The zero-order valence-electron chi connectivity index (χ0n) is 16.9. The molecular formula is C23H18BrCl2N3O3. The minimum absolute atomic E-state index is 0.156. The van der Waals surface area contributed by atoms with Crippen molar-refractivity contribution in [1.29, 1.82) is 0 Å². The van der Waals surface area contributed by atoms with Crippen molar-refractivity contribution in [3.8, 4) is 5.75 Å². The summed E-state index contributed by atoms with van der Waals surface area (Å²) >= 11 is 15.7. The molecule has 9 heteroatoms. The van der Waals surface area contributed by atoms with Gasteiger partial charge in [0.2, 0.25) is 0 Å². The maximum atomic E-state index is 12.6. The summed E-state index contributed by atoms with van der Waals surface area (Å²) in [5, 5.41) is 8.49. The van der Waals surface area contributed by atoms with E-state index >= 15 is 0 Å². The zero-order chi connectivity index (χ0) is 22.7. The first-order chi connectivity index (χ1) is 15.4. The van der Waals surface area contributed by atoms with Crippen molar-refractivity contribution in [2.24, 2.45) is 0 Å². The highest BCUT2D eigenvalue weighted by Crippen LogP contribution is 2.24. The van der Waals surface area contributed by atoms with Crippen molar-refractivity contribution >= 4 is 50.9 Å². The molecule has 1 amide bonds. The minimum atomic E-state index is -0.415. The van der Waals surface area contributed by atoms with Crippen molar-refractivity contribution in [2.75, 3.05) is 5.32 Å². The Bertz CT molecular complexity index is 1270. The molecule has 6 nitrogen and oxygen atoms in total. The SMILES string of the molecule is Cc1cc(OCc2ccc(C(=O)Nc3nn(Cc4ccccc4Cl)cc3Br)o2)ccc1Cl. The van der Waals surface area contributed by atoms with Crippen LogP contribution >= 0.6 is 39.1 Å². The molecule has 4 rings (SSSR count). The molecule has 0 unspecified atom stereocenters. The smallest absolute Gasteiger partial charge is 0.292 e. The van der Waals surface area contributed by atoms with Gasteiger partial charge in [0.1, 0.15) is 18.1 Å². The van der Waals surface area contributed by atoms with Gasteiger partial charge in [0.25, 0.3) is 5.91 Å². The van der Waals surface area contributed by atoms with Gasteiger partial charge in [-0.15, -0.1) is 0 Å². The van der Waals surface area contributed by atoms with E-state index in [0.29, 0.717) is 38.4 Å². The van der Waals surface area contributed by atoms with Crippen LogP contribution in [0.1, 0.15) is 27.4 Å². The standard InChI is InChI=1S/C23H18BrCl2N3O3/c1-14-10-16(6-8-19(14)25)31-13-17-7-9-21(32-17)23(30)27-22-18(24)12-29(28-22)11-15-4-2-3-5-20(15)26/h2-10,12H,11,13H2,1H3,(H,27,28,30). The number of halogens is 3. The van der Waals surface area contributed by atoms with Gasteiger partial charge < -0.3 is 14.5 Å². The lowest BCUT2D eigenvalue weighted by Gasteiger charge is -2.06. The molecule has 0 radical (unpaired) electrons. The van der Waals surface area contributed by atoms with Gasteiger partial charge in [0.05, 0.1) is 11.0 Å². The van der Waals surface area contributed by atoms with E-state index in [-0.39, 0.29) is 12.4 Å². The van der Waals surface area contributed by atoms with E-state index in [9.17, 15) is 4.79 Å². The van der Waals surface area contributed by atoms with Crippen LogP contribution in [0.4, 0.5) is 5.82 Å². The number of hydrogen-bond acceptors (Lipinski definition) is 4. The van der Waals surface area contributed by atoms with E-state index in [4.69, 9.17) is 32.4 Å². The molecule has 2 aromatic heterocycles. The molecule has 32 heavy (non-hydrogen) atoms. The Labute approximate surface area is 203 Å². The van der Waals surface area contributed by atoms with E-state index < -0.39 is 5.91 Å². The molecule has 1 N–H and O–H groups in total. The monoisotopic (exact) mass is 533 g/mol. The summed E-state index contributed by atoms with van der Waals surface area (Å²) in [5.41, 5.74) is 1.84. The van der Waals surface area contributed by atoms with Crippen LogP contribution in [0.5, 0.6) is 5.75 Å². The predicted molar refractivity (Wildman–Crippen MR) is 128 cm³/mol. The molecule has 0 aliphatic heterocycles.